The monoisotopic (exact) mass is 414 g/mol. The van der Waals surface area contributed by atoms with E-state index in [9.17, 15) is 9.59 Å². The molecule has 2 aromatic carbocycles. The van der Waals surface area contributed by atoms with Crippen molar-refractivity contribution in [3.05, 3.63) is 59.7 Å². The summed E-state index contributed by atoms with van der Waals surface area (Å²) in [5, 5.41) is 5.72. The molecule has 6 nitrogen and oxygen atoms in total. The highest BCUT2D eigenvalue weighted by Crippen LogP contribution is 2.13. The Morgan fingerprint density at radius 3 is 2.17 bits per heavy atom. The van der Waals surface area contributed by atoms with Gasteiger partial charge in [-0.2, -0.15) is 0 Å². The van der Waals surface area contributed by atoms with Crippen LogP contribution in [0.15, 0.2) is 48.5 Å². The number of benzene rings is 2. The molecule has 1 amide bonds. The summed E-state index contributed by atoms with van der Waals surface area (Å²) in [6, 6.07) is 13.6. The SMILES string of the molecule is CCCCOC(=O)c1ccc(NC(=S)NC(=O)c2ccc(OCCC)cc2)cc1. The van der Waals surface area contributed by atoms with Crippen LogP contribution in [0.25, 0.3) is 0 Å². The average Bonchev–Trinajstić information content (AvgIpc) is 2.73. The predicted octanol–water partition coefficient (Wildman–Crippen LogP) is 4.56. The molecule has 154 valence electrons. The lowest BCUT2D eigenvalue weighted by molar-refractivity contribution is 0.0499. The number of carbonyl (C=O) groups is 2. The third-order valence-electron chi connectivity index (χ3n) is 3.93. The topological polar surface area (TPSA) is 76.7 Å². The van der Waals surface area contributed by atoms with Crippen LogP contribution < -0.4 is 15.4 Å². The zero-order chi connectivity index (χ0) is 21.1. The summed E-state index contributed by atoms with van der Waals surface area (Å²) in [5.41, 5.74) is 1.60. The summed E-state index contributed by atoms with van der Waals surface area (Å²) >= 11 is 5.19. The van der Waals surface area contributed by atoms with Gasteiger partial charge in [0.2, 0.25) is 0 Å². The van der Waals surface area contributed by atoms with E-state index in [1.54, 1.807) is 48.5 Å². The molecule has 2 N–H and O–H groups in total. The number of hydrogen-bond acceptors (Lipinski definition) is 5. The first-order chi connectivity index (χ1) is 14.0. The van der Waals surface area contributed by atoms with Gasteiger partial charge in [-0.05, 0) is 73.6 Å². The molecule has 0 saturated heterocycles. The minimum Gasteiger partial charge on any atom is -0.494 e. The number of esters is 1. The van der Waals surface area contributed by atoms with E-state index in [1.165, 1.54) is 0 Å². The van der Waals surface area contributed by atoms with Crippen molar-refractivity contribution in [2.24, 2.45) is 0 Å². The minimum atomic E-state index is -0.354. The molecule has 0 unspecified atom stereocenters. The van der Waals surface area contributed by atoms with Gasteiger partial charge in [0, 0.05) is 11.3 Å². The molecule has 0 fully saturated rings. The number of anilines is 1. The molecule has 7 heteroatoms. The predicted molar refractivity (Wildman–Crippen MR) is 118 cm³/mol. The summed E-state index contributed by atoms with van der Waals surface area (Å²) in [6.45, 7) is 5.11. The zero-order valence-electron chi connectivity index (χ0n) is 16.7. The van der Waals surface area contributed by atoms with Crippen molar-refractivity contribution < 1.29 is 19.1 Å². The van der Waals surface area contributed by atoms with E-state index in [-0.39, 0.29) is 17.0 Å². The van der Waals surface area contributed by atoms with Crippen molar-refractivity contribution >= 4 is 34.9 Å². The maximum atomic E-state index is 12.3. The van der Waals surface area contributed by atoms with E-state index in [0.717, 1.165) is 25.0 Å². The quantitative estimate of drug-likeness (QED) is 0.356. The van der Waals surface area contributed by atoms with Crippen LogP contribution in [0.4, 0.5) is 5.69 Å². The molecule has 0 spiro atoms. The molecule has 0 aromatic heterocycles. The van der Waals surface area contributed by atoms with Crippen LogP contribution in [-0.4, -0.2) is 30.2 Å². The third-order valence-corrected chi connectivity index (χ3v) is 4.13. The van der Waals surface area contributed by atoms with Crippen molar-refractivity contribution in [2.45, 2.75) is 33.1 Å². The number of carbonyl (C=O) groups excluding carboxylic acids is 2. The first-order valence-corrected chi connectivity index (χ1v) is 10.1. The van der Waals surface area contributed by atoms with Gasteiger partial charge in [-0.3, -0.25) is 10.1 Å². The highest BCUT2D eigenvalue weighted by molar-refractivity contribution is 7.80. The number of unbranched alkanes of at least 4 members (excludes halogenated alkanes) is 1. The smallest absolute Gasteiger partial charge is 0.338 e. The Morgan fingerprint density at radius 1 is 0.897 bits per heavy atom. The van der Waals surface area contributed by atoms with Gasteiger partial charge in [0.25, 0.3) is 5.91 Å². The Hall–Kier alpha value is -2.93. The largest absolute Gasteiger partial charge is 0.494 e. The molecule has 0 bridgehead atoms. The molecule has 29 heavy (non-hydrogen) atoms. The van der Waals surface area contributed by atoms with Crippen LogP contribution in [-0.2, 0) is 4.74 Å². The zero-order valence-corrected chi connectivity index (χ0v) is 17.5. The molecule has 2 aromatic rings. The van der Waals surface area contributed by atoms with Crippen LogP contribution >= 0.6 is 12.2 Å². The van der Waals surface area contributed by atoms with E-state index in [1.807, 2.05) is 13.8 Å². The molecule has 2 rings (SSSR count). The molecule has 0 heterocycles. The van der Waals surface area contributed by atoms with Crippen LogP contribution in [0.3, 0.4) is 0 Å². The van der Waals surface area contributed by atoms with Gasteiger partial charge in [-0.25, -0.2) is 4.79 Å². The number of amides is 1. The number of ether oxygens (including phenoxy) is 2. The van der Waals surface area contributed by atoms with Gasteiger partial charge in [-0.15, -0.1) is 0 Å². The van der Waals surface area contributed by atoms with E-state index in [0.29, 0.717) is 30.0 Å². The van der Waals surface area contributed by atoms with E-state index in [4.69, 9.17) is 21.7 Å². The van der Waals surface area contributed by atoms with Crippen molar-refractivity contribution in [3.63, 3.8) is 0 Å². The molecular formula is C22H26N2O4S. The second kappa shape index (κ2) is 11.8. The third kappa shape index (κ3) is 7.54. The van der Waals surface area contributed by atoms with Crippen molar-refractivity contribution in [1.82, 2.24) is 5.32 Å². The Balaban J connectivity index is 1.85. The maximum Gasteiger partial charge on any atom is 0.338 e. The first kappa shape index (κ1) is 22.4. The van der Waals surface area contributed by atoms with Crippen LogP contribution in [0.5, 0.6) is 5.75 Å². The fourth-order valence-electron chi connectivity index (χ4n) is 2.34. The van der Waals surface area contributed by atoms with E-state index >= 15 is 0 Å². The second-order valence-corrected chi connectivity index (χ2v) is 6.76. The Bertz CT molecular complexity index is 820. The number of rotatable bonds is 9. The molecule has 0 radical (unpaired) electrons. The standard InChI is InChI=1S/C22H26N2O4S/c1-3-5-15-28-21(26)17-6-10-18(11-7-17)23-22(29)24-20(25)16-8-12-19(13-9-16)27-14-4-2/h6-13H,3-5,14-15H2,1-2H3,(H2,23,24,25,29). The van der Waals surface area contributed by atoms with E-state index < -0.39 is 0 Å². The molecule has 0 aliphatic rings. The molecule has 0 aliphatic carbocycles. The maximum absolute atomic E-state index is 12.3. The lowest BCUT2D eigenvalue weighted by Crippen LogP contribution is -2.34. The summed E-state index contributed by atoms with van der Waals surface area (Å²) in [4.78, 5) is 24.2. The average molecular weight is 415 g/mol. The summed E-state index contributed by atoms with van der Waals surface area (Å²) in [6.07, 6.45) is 2.73. The summed E-state index contributed by atoms with van der Waals surface area (Å²) < 4.78 is 10.7. The lowest BCUT2D eigenvalue weighted by atomic mass is 10.2. The Morgan fingerprint density at radius 2 is 1.55 bits per heavy atom. The van der Waals surface area contributed by atoms with Crippen LogP contribution in [0.1, 0.15) is 53.8 Å². The van der Waals surface area contributed by atoms with Crippen molar-refractivity contribution in [1.29, 1.82) is 0 Å². The van der Waals surface area contributed by atoms with Gasteiger partial charge in [0.1, 0.15) is 5.75 Å². The van der Waals surface area contributed by atoms with Gasteiger partial charge in [0.15, 0.2) is 5.11 Å². The number of thiocarbonyl (C=S) groups is 1. The highest BCUT2D eigenvalue weighted by Gasteiger charge is 2.10. The van der Waals surface area contributed by atoms with Gasteiger partial charge in [0.05, 0.1) is 18.8 Å². The fraction of sp³-hybridized carbons (Fsp3) is 0.318. The van der Waals surface area contributed by atoms with Crippen LogP contribution in [0, 0.1) is 0 Å². The van der Waals surface area contributed by atoms with E-state index in [2.05, 4.69) is 10.6 Å². The van der Waals surface area contributed by atoms with Gasteiger partial charge < -0.3 is 14.8 Å². The number of hydrogen-bond donors (Lipinski definition) is 2. The van der Waals surface area contributed by atoms with Gasteiger partial charge >= 0.3 is 5.97 Å². The van der Waals surface area contributed by atoms with Crippen LogP contribution in [0.2, 0.25) is 0 Å². The normalized spacial score (nSPS) is 10.1. The first-order valence-electron chi connectivity index (χ1n) is 9.65. The Labute approximate surface area is 176 Å². The lowest BCUT2D eigenvalue weighted by Gasteiger charge is -2.11. The summed E-state index contributed by atoms with van der Waals surface area (Å²) in [7, 11) is 0. The molecular weight excluding hydrogens is 388 g/mol. The Kier molecular flexibility index (Phi) is 9.11. The molecule has 0 saturated carbocycles. The highest BCUT2D eigenvalue weighted by atomic mass is 32.1. The summed E-state index contributed by atoms with van der Waals surface area (Å²) in [5.74, 6) is 0.0466. The fourth-order valence-corrected chi connectivity index (χ4v) is 2.55. The van der Waals surface area contributed by atoms with Crippen molar-refractivity contribution in [3.8, 4) is 5.75 Å². The van der Waals surface area contributed by atoms with Gasteiger partial charge in [-0.1, -0.05) is 20.3 Å². The van der Waals surface area contributed by atoms with Crippen molar-refractivity contribution in [2.75, 3.05) is 18.5 Å². The molecule has 0 aliphatic heterocycles. The number of nitrogens with one attached hydrogen (secondary N) is 2. The molecule has 0 atom stereocenters. The second-order valence-electron chi connectivity index (χ2n) is 6.35. The minimum absolute atomic E-state index is 0.166.